The zero-order valence-corrected chi connectivity index (χ0v) is 21.7. The van der Waals surface area contributed by atoms with E-state index < -0.39 is 0 Å². The van der Waals surface area contributed by atoms with E-state index >= 15 is 0 Å². The molecule has 2 saturated carbocycles. The molecule has 0 heterocycles. The van der Waals surface area contributed by atoms with Gasteiger partial charge in [0.15, 0.2) is 0 Å². The van der Waals surface area contributed by atoms with Crippen molar-refractivity contribution < 1.29 is 0 Å². The number of rotatable bonds is 2. The molecule has 0 radical (unpaired) electrons. The molecule has 2 rings (SSSR count). The zero-order valence-electron chi connectivity index (χ0n) is 21.7. The van der Waals surface area contributed by atoms with Crippen molar-refractivity contribution in [1.82, 2.24) is 4.90 Å². The van der Waals surface area contributed by atoms with Crippen LogP contribution in [0.15, 0.2) is 0 Å². The van der Waals surface area contributed by atoms with Crippen LogP contribution in [0.1, 0.15) is 173 Å². The summed E-state index contributed by atoms with van der Waals surface area (Å²) in [4.78, 5) is 2.91. The van der Waals surface area contributed by atoms with Gasteiger partial charge in [-0.3, -0.25) is 0 Å². The van der Waals surface area contributed by atoms with Crippen molar-refractivity contribution in [3.63, 3.8) is 0 Å². The maximum Gasteiger partial charge on any atom is 0.00951 e. The second kappa shape index (κ2) is 19.4. The highest BCUT2D eigenvalue weighted by atomic mass is 15.2. The minimum Gasteiger partial charge on any atom is -0.300 e. The summed E-state index contributed by atoms with van der Waals surface area (Å²) in [5.41, 5.74) is 0. The minimum atomic E-state index is 0.856. The molecule has 0 aromatic heterocycles. The van der Waals surface area contributed by atoms with E-state index in [9.17, 15) is 0 Å². The van der Waals surface area contributed by atoms with Crippen LogP contribution in [-0.4, -0.2) is 24.0 Å². The van der Waals surface area contributed by atoms with Crippen LogP contribution in [0.25, 0.3) is 0 Å². The highest BCUT2D eigenvalue weighted by Crippen LogP contribution is 2.25. The second-order valence-electron chi connectivity index (χ2n) is 11.3. The first-order chi connectivity index (χ1) is 15.4. The van der Waals surface area contributed by atoms with Crippen LogP contribution in [0, 0.1) is 0 Å². The molecule has 2 aliphatic carbocycles. The molecule has 0 N–H and O–H groups in total. The van der Waals surface area contributed by atoms with Gasteiger partial charge in [0, 0.05) is 12.1 Å². The van der Waals surface area contributed by atoms with E-state index in [-0.39, 0.29) is 0 Å². The van der Waals surface area contributed by atoms with E-state index in [0.29, 0.717) is 0 Å². The monoisotopic (exact) mass is 433 g/mol. The Balaban J connectivity index is 1.85. The Morgan fingerprint density at radius 2 is 0.452 bits per heavy atom. The lowest BCUT2D eigenvalue weighted by Gasteiger charge is -2.36. The fourth-order valence-electron chi connectivity index (χ4n) is 6.28. The summed E-state index contributed by atoms with van der Waals surface area (Å²) in [6.07, 6.45) is 40.0. The van der Waals surface area contributed by atoms with Crippen molar-refractivity contribution in [2.45, 2.75) is 185 Å². The Kier molecular flexibility index (Phi) is 17.1. The van der Waals surface area contributed by atoms with E-state index in [1.165, 1.54) is 173 Å². The van der Waals surface area contributed by atoms with Gasteiger partial charge < -0.3 is 4.90 Å². The Morgan fingerprint density at radius 1 is 0.290 bits per heavy atom. The molecular weight excluding hydrogens is 374 g/mol. The molecule has 0 amide bonds. The van der Waals surface area contributed by atoms with Crippen LogP contribution in [-0.2, 0) is 0 Å². The molecule has 2 fully saturated rings. The summed E-state index contributed by atoms with van der Waals surface area (Å²) in [5, 5.41) is 0. The predicted octanol–water partition coefficient (Wildman–Crippen LogP) is 10.2. The van der Waals surface area contributed by atoms with Gasteiger partial charge >= 0.3 is 0 Å². The summed E-state index contributed by atoms with van der Waals surface area (Å²) in [5.74, 6) is 0. The van der Waals surface area contributed by atoms with Crippen molar-refractivity contribution in [3.8, 4) is 0 Å². The fraction of sp³-hybridized carbons (Fsp3) is 1.00. The molecule has 2 aliphatic rings. The number of hydrogen-bond acceptors (Lipinski definition) is 1. The molecule has 1 heteroatoms. The van der Waals surface area contributed by atoms with Crippen LogP contribution < -0.4 is 0 Å². The number of hydrogen-bond donors (Lipinski definition) is 0. The topological polar surface area (TPSA) is 3.24 Å². The zero-order chi connectivity index (χ0) is 21.8. The van der Waals surface area contributed by atoms with Crippen LogP contribution in [0.4, 0.5) is 0 Å². The lowest BCUT2D eigenvalue weighted by Crippen LogP contribution is -2.40. The summed E-state index contributed by atoms with van der Waals surface area (Å²) in [7, 11) is 2.52. The van der Waals surface area contributed by atoms with E-state index in [1.807, 2.05) is 0 Å². The van der Waals surface area contributed by atoms with Gasteiger partial charge in [-0.15, -0.1) is 0 Å². The normalized spacial score (nSPS) is 25.4. The van der Waals surface area contributed by atoms with Crippen LogP contribution in [0.5, 0.6) is 0 Å². The van der Waals surface area contributed by atoms with Gasteiger partial charge in [0.1, 0.15) is 0 Å². The van der Waals surface area contributed by atoms with Gasteiger partial charge in [-0.25, -0.2) is 0 Å². The fourth-order valence-corrected chi connectivity index (χ4v) is 6.28. The van der Waals surface area contributed by atoms with Gasteiger partial charge in [0.2, 0.25) is 0 Å². The first kappa shape index (κ1) is 27.2. The first-order valence-corrected chi connectivity index (χ1v) is 15.1. The maximum atomic E-state index is 2.91. The lowest BCUT2D eigenvalue weighted by atomic mass is 9.94. The summed E-state index contributed by atoms with van der Waals surface area (Å²) in [6.45, 7) is 0. The molecule has 0 aromatic rings. The van der Waals surface area contributed by atoms with Gasteiger partial charge in [-0.2, -0.15) is 0 Å². The average molecular weight is 434 g/mol. The highest BCUT2D eigenvalue weighted by molar-refractivity contribution is 4.78. The van der Waals surface area contributed by atoms with Crippen molar-refractivity contribution >= 4 is 0 Å². The van der Waals surface area contributed by atoms with E-state index in [4.69, 9.17) is 0 Å². The lowest BCUT2D eigenvalue weighted by molar-refractivity contribution is 0.131. The molecule has 0 aliphatic heterocycles. The molecule has 0 unspecified atom stereocenters. The molecule has 0 bridgehead atoms. The molecule has 1 nitrogen and oxygen atoms in total. The SMILES string of the molecule is CN(C1CCCCCCCCCCCCCC1)C1CCCCCCCCCCCCC1. The quantitative estimate of drug-likeness (QED) is 0.418. The Morgan fingerprint density at radius 3 is 0.645 bits per heavy atom. The smallest absolute Gasteiger partial charge is 0.00951 e. The molecule has 0 spiro atoms. The Labute approximate surface area is 197 Å². The number of nitrogens with zero attached hydrogens (tertiary/aromatic N) is 1. The second-order valence-corrected chi connectivity index (χ2v) is 11.3. The van der Waals surface area contributed by atoms with E-state index in [1.54, 1.807) is 0 Å². The molecule has 0 atom stereocenters. The molecule has 0 saturated heterocycles. The van der Waals surface area contributed by atoms with Gasteiger partial charge in [0.25, 0.3) is 0 Å². The van der Waals surface area contributed by atoms with E-state index in [0.717, 1.165) is 12.1 Å². The van der Waals surface area contributed by atoms with Crippen molar-refractivity contribution in [2.24, 2.45) is 0 Å². The third-order valence-electron chi connectivity index (χ3n) is 8.55. The maximum absolute atomic E-state index is 2.91. The van der Waals surface area contributed by atoms with Crippen molar-refractivity contribution in [2.75, 3.05) is 7.05 Å². The van der Waals surface area contributed by atoms with Crippen LogP contribution >= 0.6 is 0 Å². The van der Waals surface area contributed by atoms with Gasteiger partial charge in [-0.1, -0.05) is 148 Å². The molecule has 184 valence electrons. The van der Waals surface area contributed by atoms with Crippen molar-refractivity contribution in [3.05, 3.63) is 0 Å². The van der Waals surface area contributed by atoms with Crippen LogP contribution in [0.2, 0.25) is 0 Å². The third kappa shape index (κ3) is 14.0. The summed E-state index contributed by atoms with van der Waals surface area (Å²) >= 11 is 0. The average Bonchev–Trinajstić information content (AvgIpc) is 2.79. The van der Waals surface area contributed by atoms with E-state index in [2.05, 4.69) is 11.9 Å². The molecule has 0 aromatic carbocycles. The third-order valence-corrected chi connectivity index (χ3v) is 8.55. The van der Waals surface area contributed by atoms with Crippen LogP contribution in [0.3, 0.4) is 0 Å². The summed E-state index contributed by atoms with van der Waals surface area (Å²) in [6, 6.07) is 1.71. The summed E-state index contributed by atoms with van der Waals surface area (Å²) < 4.78 is 0. The largest absolute Gasteiger partial charge is 0.300 e. The molecule has 31 heavy (non-hydrogen) atoms. The minimum absolute atomic E-state index is 0.856. The first-order valence-electron chi connectivity index (χ1n) is 15.1. The Hall–Kier alpha value is -0.0400. The Bertz CT molecular complexity index is 349. The predicted molar refractivity (Wildman–Crippen MR) is 140 cm³/mol. The molecular formula is C30H59N. The van der Waals surface area contributed by atoms with Gasteiger partial charge in [0.05, 0.1) is 0 Å². The van der Waals surface area contributed by atoms with Crippen molar-refractivity contribution in [1.29, 1.82) is 0 Å². The van der Waals surface area contributed by atoms with Gasteiger partial charge in [-0.05, 0) is 32.7 Å². The highest BCUT2D eigenvalue weighted by Gasteiger charge is 2.22. The standard InChI is InChI=1S/C30H59N/c1-31(30-27-23-19-15-11-7-4-8-12-16-20-24-28-30)29-25-21-17-13-9-5-2-3-6-10-14-18-22-26-29/h29-30H,2-28H2,1H3.